The lowest BCUT2D eigenvalue weighted by Crippen LogP contribution is -2.28. The minimum absolute atomic E-state index is 0. The Hall–Kier alpha value is -1.37. The van der Waals surface area contributed by atoms with Crippen LogP contribution in [0.4, 0.5) is 0 Å². The number of hydrogen-bond acceptors (Lipinski definition) is 4. The molecule has 0 atom stereocenters. The number of amides is 1. The van der Waals surface area contributed by atoms with Crippen LogP contribution in [0.25, 0.3) is 0 Å². The van der Waals surface area contributed by atoms with Gasteiger partial charge in [-0.3, -0.25) is 9.48 Å². The van der Waals surface area contributed by atoms with Gasteiger partial charge in [-0.2, -0.15) is 5.10 Å². The van der Waals surface area contributed by atoms with E-state index in [1.165, 1.54) is 35.4 Å². The number of aryl methyl sites for hydroxylation is 2. The predicted octanol–water partition coefficient (Wildman–Crippen LogP) is 2.67. The molecule has 2 aromatic heterocycles. The molecule has 1 aliphatic carbocycles. The third-order valence-corrected chi connectivity index (χ3v) is 5.86. The molecule has 7 heteroatoms. The van der Waals surface area contributed by atoms with Crippen molar-refractivity contribution in [3.63, 3.8) is 0 Å². The van der Waals surface area contributed by atoms with Crippen LogP contribution in [0.5, 0.6) is 0 Å². The van der Waals surface area contributed by atoms with E-state index in [1.54, 1.807) is 11.3 Å². The zero-order valence-corrected chi connectivity index (χ0v) is 15.3. The maximum Gasteiger partial charge on any atom is 0.261 e. The summed E-state index contributed by atoms with van der Waals surface area (Å²) in [5, 5.41) is 10.9. The zero-order chi connectivity index (χ0) is 15.6. The number of nitrogens with one attached hydrogen (secondary N) is 2. The molecule has 2 aliphatic rings. The van der Waals surface area contributed by atoms with Gasteiger partial charge in [0.1, 0.15) is 0 Å². The van der Waals surface area contributed by atoms with Gasteiger partial charge in [0.25, 0.3) is 5.91 Å². The van der Waals surface area contributed by atoms with Crippen LogP contribution >= 0.6 is 23.7 Å². The monoisotopic (exact) mass is 366 g/mol. The Labute approximate surface area is 152 Å². The van der Waals surface area contributed by atoms with Gasteiger partial charge in [0.2, 0.25) is 0 Å². The largest absolute Gasteiger partial charge is 0.346 e. The molecule has 3 heterocycles. The fourth-order valence-corrected chi connectivity index (χ4v) is 4.55. The lowest BCUT2D eigenvalue weighted by molar-refractivity contribution is 0.0954. The van der Waals surface area contributed by atoms with E-state index in [9.17, 15) is 4.79 Å². The molecule has 0 spiro atoms. The van der Waals surface area contributed by atoms with Gasteiger partial charge in [-0.05, 0) is 43.4 Å². The highest BCUT2D eigenvalue weighted by molar-refractivity contribution is 7.14. The highest BCUT2D eigenvalue weighted by Gasteiger charge is 2.17. The van der Waals surface area contributed by atoms with Crippen LogP contribution in [0.3, 0.4) is 0 Å². The van der Waals surface area contributed by atoms with Crippen molar-refractivity contribution in [2.45, 2.75) is 51.7 Å². The Morgan fingerprint density at radius 3 is 3.04 bits per heavy atom. The first-order valence-corrected chi connectivity index (χ1v) is 9.27. The van der Waals surface area contributed by atoms with Crippen molar-refractivity contribution in [3.05, 3.63) is 38.8 Å². The Bertz CT molecular complexity index is 677. The first-order chi connectivity index (χ1) is 11.3. The summed E-state index contributed by atoms with van der Waals surface area (Å²) >= 11 is 1.67. The fourth-order valence-electron chi connectivity index (χ4n) is 3.38. The topological polar surface area (TPSA) is 59.0 Å². The molecule has 0 radical (unpaired) electrons. The summed E-state index contributed by atoms with van der Waals surface area (Å²) in [7, 11) is 0. The number of carbonyl (C=O) groups is 1. The first kappa shape index (κ1) is 17.5. The van der Waals surface area contributed by atoms with Gasteiger partial charge in [-0.25, -0.2) is 0 Å². The third-order valence-electron chi connectivity index (χ3n) is 4.62. The summed E-state index contributed by atoms with van der Waals surface area (Å²) in [6.45, 7) is 3.22. The molecule has 5 nitrogen and oxygen atoms in total. The Morgan fingerprint density at radius 1 is 1.29 bits per heavy atom. The van der Waals surface area contributed by atoms with Gasteiger partial charge < -0.3 is 10.6 Å². The lowest BCUT2D eigenvalue weighted by Gasteiger charge is -2.13. The smallest absolute Gasteiger partial charge is 0.261 e. The maximum atomic E-state index is 12.4. The molecule has 4 rings (SSSR count). The summed E-state index contributed by atoms with van der Waals surface area (Å²) in [6.07, 6.45) is 6.07. The molecule has 0 saturated heterocycles. The van der Waals surface area contributed by atoms with Gasteiger partial charge in [0.05, 0.1) is 29.4 Å². The van der Waals surface area contributed by atoms with Gasteiger partial charge in [0, 0.05) is 18.0 Å². The Balaban J connectivity index is 0.00000169. The molecule has 24 heavy (non-hydrogen) atoms. The quantitative estimate of drug-likeness (QED) is 0.821. The first-order valence-electron chi connectivity index (χ1n) is 8.46. The molecule has 0 unspecified atom stereocenters. The van der Waals surface area contributed by atoms with Crippen LogP contribution in [0.1, 0.15) is 50.8 Å². The summed E-state index contributed by atoms with van der Waals surface area (Å²) in [4.78, 5) is 14.7. The number of thiophene rings is 1. The number of hydrogen-bond donors (Lipinski definition) is 2. The van der Waals surface area contributed by atoms with Crippen LogP contribution in [0.2, 0.25) is 0 Å². The molecular weight excluding hydrogens is 344 g/mol. The number of rotatable bonds is 3. The highest BCUT2D eigenvalue weighted by Crippen LogP contribution is 2.28. The number of halogens is 1. The number of carbonyl (C=O) groups excluding carboxylic acids is 1. The second-order valence-electron chi connectivity index (χ2n) is 6.33. The summed E-state index contributed by atoms with van der Waals surface area (Å²) in [6, 6.07) is 4.18. The summed E-state index contributed by atoms with van der Waals surface area (Å²) in [5.74, 6) is 0.0344. The van der Waals surface area contributed by atoms with Crippen LogP contribution in [0, 0.1) is 0 Å². The Kier molecular flexibility index (Phi) is 5.58. The highest BCUT2D eigenvalue weighted by atomic mass is 35.5. The van der Waals surface area contributed by atoms with Crippen molar-refractivity contribution in [2.75, 3.05) is 6.54 Å². The lowest BCUT2D eigenvalue weighted by atomic mass is 10.1. The third kappa shape index (κ3) is 3.66. The van der Waals surface area contributed by atoms with E-state index < -0.39 is 0 Å². The van der Waals surface area contributed by atoms with Crippen molar-refractivity contribution >= 4 is 29.7 Å². The molecule has 0 aromatic carbocycles. The second-order valence-corrected chi connectivity index (χ2v) is 7.47. The van der Waals surface area contributed by atoms with Gasteiger partial charge in [-0.1, -0.05) is 6.42 Å². The van der Waals surface area contributed by atoms with Crippen LogP contribution in [-0.2, 0) is 32.5 Å². The van der Waals surface area contributed by atoms with Gasteiger partial charge >= 0.3 is 0 Å². The normalized spacial score (nSPS) is 16.5. The molecular formula is C17H23ClN4OS. The molecule has 130 valence electrons. The molecule has 0 fully saturated rings. The van der Waals surface area contributed by atoms with Crippen LogP contribution < -0.4 is 10.6 Å². The fraction of sp³-hybridized carbons (Fsp3) is 0.529. The minimum Gasteiger partial charge on any atom is -0.346 e. The predicted molar refractivity (Wildman–Crippen MR) is 97.9 cm³/mol. The van der Waals surface area contributed by atoms with Crippen LogP contribution in [-0.4, -0.2) is 22.2 Å². The number of fused-ring (bicyclic) bond motifs is 2. The van der Waals surface area contributed by atoms with Crippen molar-refractivity contribution in [3.8, 4) is 0 Å². The van der Waals surface area contributed by atoms with Crippen molar-refractivity contribution in [1.82, 2.24) is 20.4 Å². The van der Waals surface area contributed by atoms with E-state index in [4.69, 9.17) is 0 Å². The second kappa shape index (κ2) is 7.68. The van der Waals surface area contributed by atoms with Gasteiger partial charge in [-0.15, -0.1) is 23.7 Å². The molecule has 1 amide bonds. The SMILES string of the molecule is Cl.O=C(NCc1cc2n(n1)CCNC2)c1cc2c(s1)CCCCC2. The molecule has 2 N–H and O–H groups in total. The maximum absolute atomic E-state index is 12.4. The number of nitrogens with zero attached hydrogens (tertiary/aromatic N) is 2. The van der Waals surface area contributed by atoms with E-state index in [-0.39, 0.29) is 18.3 Å². The van der Waals surface area contributed by atoms with E-state index >= 15 is 0 Å². The standard InChI is InChI=1S/C17H22N4OS.ClH/c22-17(16-8-12-4-2-1-3-5-15(12)23-16)19-10-13-9-14-11-18-6-7-21(14)20-13;/h8-9,18H,1-7,10-11H2,(H,19,22);1H. The van der Waals surface area contributed by atoms with Gasteiger partial charge in [0.15, 0.2) is 0 Å². The van der Waals surface area contributed by atoms with E-state index in [1.807, 2.05) is 4.68 Å². The van der Waals surface area contributed by atoms with Crippen molar-refractivity contribution in [2.24, 2.45) is 0 Å². The zero-order valence-electron chi connectivity index (χ0n) is 13.6. The van der Waals surface area contributed by atoms with Crippen molar-refractivity contribution < 1.29 is 4.79 Å². The number of aromatic nitrogens is 2. The Morgan fingerprint density at radius 2 is 2.17 bits per heavy atom. The molecule has 0 bridgehead atoms. The van der Waals surface area contributed by atoms with E-state index in [0.29, 0.717) is 6.54 Å². The van der Waals surface area contributed by atoms with E-state index in [0.717, 1.165) is 43.0 Å². The summed E-state index contributed by atoms with van der Waals surface area (Å²) in [5.41, 5.74) is 3.53. The van der Waals surface area contributed by atoms with E-state index in [2.05, 4.69) is 27.9 Å². The average molecular weight is 367 g/mol. The molecule has 1 aliphatic heterocycles. The summed E-state index contributed by atoms with van der Waals surface area (Å²) < 4.78 is 2.03. The minimum atomic E-state index is 0. The van der Waals surface area contributed by atoms with Crippen LogP contribution in [0.15, 0.2) is 12.1 Å². The molecule has 0 saturated carbocycles. The molecule has 2 aromatic rings. The average Bonchev–Trinajstić information content (AvgIpc) is 3.10. The van der Waals surface area contributed by atoms with Crippen molar-refractivity contribution in [1.29, 1.82) is 0 Å².